The molecule has 3 atom stereocenters. The third-order valence-electron chi connectivity index (χ3n) is 5.06. The standard InChI is InChI=1S/C20H27NO4/c1-15-7-8-18(25-15)9-10-20(23)21-11-12-24-14-17(21)13-19(22)16-5-3-2-4-6-16/h2-6,15,17-18H,7-14H2,1H3. The zero-order valence-corrected chi connectivity index (χ0v) is 14.9. The van der Waals surface area contributed by atoms with E-state index in [9.17, 15) is 9.59 Å². The van der Waals surface area contributed by atoms with Crippen LogP contribution in [0.15, 0.2) is 30.3 Å². The molecule has 2 fully saturated rings. The topological polar surface area (TPSA) is 55.8 Å². The molecule has 3 rings (SSSR count). The van der Waals surface area contributed by atoms with Crippen LogP contribution < -0.4 is 0 Å². The lowest BCUT2D eigenvalue weighted by molar-refractivity contribution is -0.140. The molecule has 5 heteroatoms. The van der Waals surface area contributed by atoms with E-state index in [0.717, 1.165) is 19.3 Å². The molecule has 0 N–H and O–H groups in total. The van der Waals surface area contributed by atoms with Gasteiger partial charge in [-0.25, -0.2) is 0 Å². The highest BCUT2D eigenvalue weighted by Gasteiger charge is 2.30. The van der Waals surface area contributed by atoms with E-state index in [0.29, 0.717) is 44.3 Å². The maximum atomic E-state index is 12.7. The molecular weight excluding hydrogens is 318 g/mol. The van der Waals surface area contributed by atoms with E-state index in [1.54, 1.807) is 0 Å². The number of ether oxygens (including phenoxy) is 2. The first-order chi connectivity index (χ1) is 12.1. The quantitative estimate of drug-likeness (QED) is 0.744. The number of ketones is 1. The number of hydrogen-bond donors (Lipinski definition) is 0. The second kappa shape index (κ2) is 8.59. The molecule has 136 valence electrons. The van der Waals surface area contributed by atoms with E-state index in [1.165, 1.54) is 0 Å². The molecule has 0 radical (unpaired) electrons. The Labute approximate surface area is 149 Å². The molecule has 25 heavy (non-hydrogen) atoms. The Kier molecular flexibility index (Phi) is 6.21. The van der Waals surface area contributed by atoms with E-state index in [4.69, 9.17) is 9.47 Å². The molecule has 3 unspecified atom stereocenters. The Bertz CT molecular complexity index is 589. The Morgan fingerprint density at radius 2 is 2.00 bits per heavy atom. The Morgan fingerprint density at radius 3 is 2.72 bits per heavy atom. The Balaban J connectivity index is 1.54. The summed E-state index contributed by atoms with van der Waals surface area (Å²) in [4.78, 5) is 27.0. The van der Waals surface area contributed by atoms with Crippen LogP contribution in [0.4, 0.5) is 0 Å². The van der Waals surface area contributed by atoms with Gasteiger partial charge < -0.3 is 14.4 Å². The van der Waals surface area contributed by atoms with E-state index in [-0.39, 0.29) is 23.8 Å². The predicted octanol–water partition coefficient (Wildman–Crippen LogP) is 2.83. The molecule has 0 aliphatic carbocycles. The van der Waals surface area contributed by atoms with Crippen LogP contribution in [0.1, 0.15) is 49.4 Å². The van der Waals surface area contributed by atoms with Crippen molar-refractivity contribution in [2.75, 3.05) is 19.8 Å². The number of rotatable bonds is 6. The second-order valence-corrected chi connectivity index (χ2v) is 6.99. The number of morpholine rings is 1. The van der Waals surface area contributed by atoms with Crippen molar-refractivity contribution in [1.82, 2.24) is 4.90 Å². The first-order valence-electron chi connectivity index (χ1n) is 9.24. The molecule has 0 aromatic heterocycles. The van der Waals surface area contributed by atoms with Crippen LogP contribution in [-0.2, 0) is 14.3 Å². The average molecular weight is 345 g/mol. The normalized spacial score (nSPS) is 26.6. The molecule has 0 spiro atoms. The summed E-state index contributed by atoms with van der Waals surface area (Å²) in [6, 6.07) is 9.07. The minimum Gasteiger partial charge on any atom is -0.377 e. The molecule has 0 bridgehead atoms. The average Bonchev–Trinajstić information content (AvgIpc) is 3.06. The van der Waals surface area contributed by atoms with Crippen LogP contribution in [0.2, 0.25) is 0 Å². The van der Waals surface area contributed by atoms with Gasteiger partial charge in [-0.3, -0.25) is 9.59 Å². The minimum absolute atomic E-state index is 0.0573. The molecule has 0 saturated carbocycles. The molecule has 2 heterocycles. The van der Waals surface area contributed by atoms with Gasteiger partial charge >= 0.3 is 0 Å². The smallest absolute Gasteiger partial charge is 0.223 e. The van der Waals surface area contributed by atoms with E-state index < -0.39 is 0 Å². The third-order valence-corrected chi connectivity index (χ3v) is 5.06. The van der Waals surface area contributed by atoms with Crippen molar-refractivity contribution in [2.24, 2.45) is 0 Å². The second-order valence-electron chi connectivity index (χ2n) is 6.99. The van der Waals surface area contributed by atoms with Crippen molar-refractivity contribution >= 4 is 11.7 Å². The molecule has 1 amide bonds. The summed E-state index contributed by atoms with van der Waals surface area (Å²) in [7, 11) is 0. The van der Waals surface area contributed by atoms with Crippen LogP contribution in [-0.4, -0.2) is 54.6 Å². The summed E-state index contributed by atoms with van der Waals surface area (Å²) in [6.45, 7) is 3.61. The maximum absolute atomic E-state index is 12.7. The summed E-state index contributed by atoms with van der Waals surface area (Å²) < 4.78 is 11.3. The molecule has 2 aliphatic heterocycles. The van der Waals surface area contributed by atoms with Crippen molar-refractivity contribution in [2.45, 2.75) is 57.3 Å². The third kappa shape index (κ3) is 4.89. The molecule has 1 aromatic rings. The highest BCUT2D eigenvalue weighted by atomic mass is 16.5. The summed E-state index contributed by atoms with van der Waals surface area (Å²) >= 11 is 0. The van der Waals surface area contributed by atoms with E-state index in [1.807, 2.05) is 35.2 Å². The predicted molar refractivity (Wildman–Crippen MR) is 94.5 cm³/mol. The van der Waals surface area contributed by atoms with Gasteiger partial charge in [0, 0.05) is 24.9 Å². The molecule has 2 aliphatic rings. The van der Waals surface area contributed by atoms with Gasteiger partial charge in [0.1, 0.15) is 0 Å². The first kappa shape index (κ1) is 18.1. The highest BCUT2D eigenvalue weighted by Crippen LogP contribution is 2.24. The van der Waals surface area contributed by atoms with Crippen molar-refractivity contribution in [3.8, 4) is 0 Å². The zero-order valence-electron chi connectivity index (χ0n) is 14.9. The zero-order chi connectivity index (χ0) is 17.6. The van der Waals surface area contributed by atoms with Crippen molar-refractivity contribution in [3.05, 3.63) is 35.9 Å². The SMILES string of the molecule is CC1CCC(CCC(=O)N2CCOCC2CC(=O)c2ccccc2)O1. The fraction of sp³-hybridized carbons (Fsp3) is 0.600. The van der Waals surface area contributed by atoms with Crippen LogP contribution in [0.25, 0.3) is 0 Å². The van der Waals surface area contributed by atoms with Gasteiger partial charge in [-0.1, -0.05) is 30.3 Å². The fourth-order valence-electron chi connectivity index (χ4n) is 3.63. The van der Waals surface area contributed by atoms with Gasteiger partial charge in [0.2, 0.25) is 5.91 Å². The first-order valence-corrected chi connectivity index (χ1v) is 9.24. The number of nitrogens with zero attached hydrogens (tertiary/aromatic N) is 1. The van der Waals surface area contributed by atoms with Gasteiger partial charge in [-0.15, -0.1) is 0 Å². The van der Waals surface area contributed by atoms with Crippen molar-refractivity contribution in [3.63, 3.8) is 0 Å². The summed E-state index contributed by atoms with van der Waals surface area (Å²) in [5, 5.41) is 0. The molecule has 5 nitrogen and oxygen atoms in total. The lowest BCUT2D eigenvalue weighted by Crippen LogP contribution is -2.49. The minimum atomic E-state index is -0.169. The number of amides is 1. The highest BCUT2D eigenvalue weighted by molar-refractivity contribution is 5.96. The number of carbonyl (C=O) groups excluding carboxylic acids is 2. The lowest BCUT2D eigenvalue weighted by atomic mass is 10.0. The van der Waals surface area contributed by atoms with Crippen LogP contribution >= 0.6 is 0 Å². The van der Waals surface area contributed by atoms with Gasteiger partial charge in [-0.2, -0.15) is 0 Å². The van der Waals surface area contributed by atoms with Gasteiger partial charge in [-0.05, 0) is 26.2 Å². The molecular formula is C20H27NO4. The Hall–Kier alpha value is -1.72. The van der Waals surface area contributed by atoms with E-state index >= 15 is 0 Å². The van der Waals surface area contributed by atoms with Crippen LogP contribution in [0.3, 0.4) is 0 Å². The molecule has 2 saturated heterocycles. The van der Waals surface area contributed by atoms with Gasteiger partial charge in [0.05, 0.1) is 31.5 Å². The lowest BCUT2D eigenvalue weighted by Gasteiger charge is -2.35. The Morgan fingerprint density at radius 1 is 1.20 bits per heavy atom. The number of Topliss-reactive ketones (excluding diaryl/α,β-unsaturated/α-hetero) is 1. The van der Waals surface area contributed by atoms with Crippen molar-refractivity contribution in [1.29, 1.82) is 0 Å². The summed E-state index contributed by atoms with van der Waals surface area (Å²) in [5.74, 6) is 0.166. The maximum Gasteiger partial charge on any atom is 0.223 e. The van der Waals surface area contributed by atoms with Gasteiger partial charge in [0.15, 0.2) is 5.78 Å². The fourth-order valence-corrected chi connectivity index (χ4v) is 3.63. The van der Waals surface area contributed by atoms with Gasteiger partial charge in [0.25, 0.3) is 0 Å². The van der Waals surface area contributed by atoms with Crippen molar-refractivity contribution < 1.29 is 19.1 Å². The number of benzene rings is 1. The van der Waals surface area contributed by atoms with E-state index in [2.05, 4.69) is 6.92 Å². The summed E-state index contributed by atoms with van der Waals surface area (Å²) in [6.07, 6.45) is 4.17. The molecule has 1 aromatic carbocycles. The number of carbonyl (C=O) groups is 2. The van der Waals surface area contributed by atoms with Crippen LogP contribution in [0, 0.1) is 0 Å². The number of hydrogen-bond acceptors (Lipinski definition) is 4. The summed E-state index contributed by atoms with van der Waals surface area (Å²) in [5.41, 5.74) is 0.689. The van der Waals surface area contributed by atoms with Crippen LogP contribution in [0.5, 0.6) is 0 Å². The largest absolute Gasteiger partial charge is 0.377 e. The monoisotopic (exact) mass is 345 g/mol.